The first-order valence-electron chi connectivity index (χ1n) is 14.6. The molecule has 1 aromatic heterocycles. The molecule has 3 aliphatic carbocycles. The van der Waals surface area contributed by atoms with Gasteiger partial charge < -0.3 is 14.6 Å². The van der Waals surface area contributed by atoms with Crippen LogP contribution in [0.4, 0.5) is 0 Å². The largest absolute Gasteiger partial charge is 0.460 e. The molecule has 216 valence electrons. The molecule has 8 heteroatoms. The summed E-state index contributed by atoms with van der Waals surface area (Å²) in [6.45, 7) is 13.1. The van der Waals surface area contributed by atoms with E-state index in [1.54, 1.807) is 6.20 Å². The molecule has 8 atom stereocenters. The van der Waals surface area contributed by atoms with E-state index in [4.69, 9.17) is 9.47 Å². The predicted molar refractivity (Wildman–Crippen MR) is 150 cm³/mol. The third-order valence-electron chi connectivity index (χ3n) is 10.8. The molecular formula is C32H43N3O5. The zero-order valence-corrected chi connectivity index (χ0v) is 24.2. The number of hydrogen-bond acceptors (Lipinski definition) is 7. The van der Waals surface area contributed by atoms with Gasteiger partial charge in [-0.1, -0.05) is 69.3 Å². The van der Waals surface area contributed by atoms with Crippen LogP contribution in [0.2, 0.25) is 0 Å². The summed E-state index contributed by atoms with van der Waals surface area (Å²) in [5, 5.41) is 19.9. The lowest BCUT2D eigenvalue weighted by molar-refractivity contribution is -0.207. The van der Waals surface area contributed by atoms with Crippen molar-refractivity contribution in [2.45, 2.75) is 91.8 Å². The van der Waals surface area contributed by atoms with Gasteiger partial charge >= 0.3 is 5.97 Å². The fraction of sp³-hybridized carbons (Fsp3) is 0.625. The normalized spacial score (nSPS) is 37.3. The van der Waals surface area contributed by atoms with Crippen molar-refractivity contribution in [3.8, 4) is 0 Å². The summed E-state index contributed by atoms with van der Waals surface area (Å²) in [6, 6.07) is 9.88. The van der Waals surface area contributed by atoms with Crippen LogP contribution in [0, 0.1) is 34.0 Å². The van der Waals surface area contributed by atoms with Gasteiger partial charge in [0.2, 0.25) is 0 Å². The third-order valence-corrected chi connectivity index (χ3v) is 10.8. The number of carbonyl (C=O) groups excluding carboxylic acids is 2. The number of Topliss-reactive ketones (excluding diaryl/α,β-unsaturated/α-hetero) is 1. The third kappa shape index (κ3) is 4.83. The van der Waals surface area contributed by atoms with Crippen LogP contribution in [0.25, 0.3) is 0 Å². The second-order valence-electron chi connectivity index (χ2n) is 13.0. The number of rotatable bonds is 8. The minimum atomic E-state index is -0.689. The van der Waals surface area contributed by atoms with E-state index in [1.807, 2.05) is 43.3 Å². The van der Waals surface area contributed by atoms with Gasteiger partial charge in [0.05, 0.1) is 25.5 Å². The second-order valence-corrected chi connectivity index (χ2v) is 13.0. The molecule has 40 heavy (non-hydrogen) atoms. The zero-order valence-electron chi connectivity index (χ0n) is 24.2. The Bertz CT molecular complexity index is 1250. The van der Waals surface area contributed by atoms with Crippen LogP contribution < -0.4 is 0 Å². The standard InChI is InChI=1S/C32H43N3O5/c1-6-30(4)16-26(31(5)21(2)12-14-32(22(3)29(30)38)15-13-25(36)28(31)32)40-27(37)18-35-17-24(33-34-35)20-39-19-23-10-8-7-9-11-23/h6-11,17,21-22,26,28-29,38H,1,12-16,18-20H2,2-5H3/t21-,22+,26-,28+,29+,30-,31+,32+/m1/s1. The Balaban J connectivity index is 1.34. The van der Waals surface area contributed by atoms with E-state index >= 15 is 0 Å². The summed E-state index contributed by atoms with van der Waals surface area (Å²) in [4.78, 5) is 26.9. The Morgan fingerprint density at radius 1 is 1.20 bits per heavy atom. The fourth-order valence-electron chi connectivity index (χ4n) is 8.16. The Morgan fingerprint density at radius 3 is 2.67 bits per heavy atom. The van der Waals surface area contributed by atoms with E-state index in [9.17, 15) is 14.7 Å². The van der Waals surface area contributed by atoms with Crippen molar-refractivity contribution in [1.29, 1.82) is 0 Å². The molecule has 0 saturated heterocycles. The number of aliphatic hydroxyl groups is 1. The number of nitrogens with zero attached hydrogens (tertiary/aromatic N) is 3. The molecule has 1 aromatic carbocycles. The molecule has 5 rings (SSSR count). The SMILES string of the molecule is C=C[C@]1(C)C[C@@H](OC(=O)Cn2cc(COCc3ccccc3)nn2)[C@]2(C)[C@H](C)CC[C@]3(CCC(=O)[C@H]32)[C@@H](C)[C@@H]1O. The molecule has 3 saturated carbocycles. The molecule has 0 amide bonds. The molecule has 8 nitrogen and oxygen atoms in total. The number of aromatic nitrogens is 3. The molecule has 0 unspecified atom stereocenters. The number of carbonyl (C=O) groups is 2. The van der Waals surface area contributed by atoms with Gasteiger partial charge in [0, 0.05) is 23.2 Å². The number of aliphatic hydroxyl groups excluding tert-OH is 1. The quantitative estimate of drug-likeness (QED) is 0.369. The van der Waals surface area contributed by atoms with E-state index in [0.717, 1.165) is 24.8 Å². The van der Waals surface area contributed by atoms with Crippen molar-refractivity contribution in [3.63, 3.8) is 0 Å². The first kappa shape index (κ1) is 28.7. The summed E-state index contributed by atoms with van der Waals surface area (Å²) >= 11 is 0. The number of ketones is 1. The lowest BCUT2D eigenvalue weighted by Crippen LogP contribution is -2.63. The van der Waals surface area contributed by atoms with Crippen LogP contribution in [-0.4, -0.2) is 44.1 Å². The van der Waals surface area contributed by atoms with Crippen molar-refractivity contribution >= 4 is 11.8 Å². The smallest absolute Gasteiger partial charge is 0.328 e. The average molecular weight is 550 g/mol. The monoisotopic (exact) mass is 549 g/mol. The highest BCUT2D eigenvalue weighted by Crippen LogP contribution is 2.68. The van der Waals surface area contributed by atoms with Crippen molar-refractivity contribution in [2.75, 3.05) is 0 Å². The van der Waals surface area contributed by atoms with Gasteiger partial charge in [0.25, 0.3) is 0 Å². The number of hydrogen-bond donors (Lipinski definition) is 1. The van der Waals surface area contributed by atoms with Crippen molar-refractivity contribution < 1.29 is 24.2 Å². The van der Waals surface area contributed by atoms with Gasteiger partial charge in [-0.3, -0.25) is 9.59 Å². The van der Waals surface area contributed by atoms with Gasteiger partial charge in [-0.25, -0.2) is 4.68 Å². The summed E-state index contributed by atoms with van der Waals surface area (Å²) in [6.07, 6.45) is 5.81. The first-order chi connectivity index (χ1) is 19.0. The molecule has 1 heterocycles. The Kier molecular flexibility index (Phi) is 7.79. The lowest BCUT2D eigenvalue weighted by Gasteiger charge is -2.61. The molecule has 0 aliphatic heterocycles. The van der Waals surface area contributed by atoms with Crippen LogP contribution >= 0.6 is 0 Å². The van der Waals surface area contributed by atoms with E-state index in [2.05, 4.69) is 37.7 Å². The maximum atomic E-state index is 13.5. The van der Waals surface area contributed by atoms with Crippen molar-refractivity contribution in [3.05, 3.63) is 60.4 Å². The molecule has 2 aromatic rings. The first-order valence-corrected chi connectivity index (χ1v) is 14.6. The number of esters is 1. The van der Waals surface area contributed by atoms with E-state index in [1.165, 1.54) is 4.68 Å². The summed E-state index contributed by atoms with van der Waals surface area (Å²) in [7, 11) is 0. The Morgan fingerprint density at radius 2 is 1.95 bits per heavy atom. The van der Waals surface area contributed by atoms with Gasteiger partial charge in [0.15, 0.2) is 0 Å². The van der Waals surface area contributed by atoms with Crippen molar-refractivity contribution in [2.24, 2.45) is 34.0 Å². The summed E-state index contributed by atoms with van der Waals surface area (Å²) in [5.41, 5.74) is 0.189. The second kappa shape index (κ2) is 10.9. The molecule has 2 bridgehead atoms. The van der Waals surface area contributed by atoms with Gasteiger partial charge in [0.1, 0.15) is 24.1 Å². The highest BCUT2D eigenvalue weighted by atomic mass is 16.5. The van der Waals surface area contributed by atoms with E-state index < -0.39 is 29.0 Å². The molecule has 3 fully saturated rings. The van der Waals surface area contributed by atoms with Gasteiger partial charge in [-0.05, 0) is 48.5 Å². The van der Waals surface area contributed by atoms with Crippen LogP contribution in [0.1, 0.15) is 71.1 Å². The number of benzene rings is 1. The average Bonchev–Trinajstić information content (AvgIpc) is 3.54. The molecule has 0 radical (unpaired) electrons. The summed E-state index contributed by atoms with van der Waals surface area (Å²) in [5.74, 6) is -0.320. The highest BCUT2D eigenvalue weighted by Gasteiger charge is 2.68. The molecule has 0 spiro atoms. The van der Waals surface area contributed by atoms with Crippen LogP contribution in [0.15, 0.2) is 49.2 Å². The minimum Gasteiger partial charge on any atom is -0.460 e. The highest BCUT2D eigenvalue weighted by molar-refractivity contribution is 5.85. The predicted octanol–water partition coefficient (Wildman–Crippen LogP) is 4.90. The van der Waals surface area contributed by atoms with Crippen molar-refractivity contribution in [1.82, 2.24) is 15.0 Å². The summed E-state index contributed by atoms with van der Waals surface area (Å²) < 4.78 is 13.5. The molecular weight excluding hydrogens is 506 g/mol. The molecule has 1 N–H and O–H groups in total. The van der Waals surface area contributed by atoms with E-state index in [0.29, 0.717) is 25.1 Å². The van der Waals surface area contributed by atoms with Crippen LogP contribution in [0.5, 0.6) is 0 Å². The van der Waals surface area contributed by atoms with E-state index in [-0.39, 0.29) is 42.1 Å². The molecule has 3 aliphatic rings. The van der Waals surface area contributed by atoms with Crippen LogP contribution in [0.3, 0.4) is 0 Å². The maximum Gasteiger partial charge on any atom is 0.328 e. The Labute approximate surface area is 237 Å². The fourth-order valence-corrected chi connectivity index (χ4v) is 8.16. The topological polar surface area (TPSA) is 104 Å². The minimum absolute atomic E-state index is 0.0619. The Hall–Kier alpha value is -2.84. The zero-order chi connectivity index (χ0) is 28.7. The number of ether oxygens (including phenoxy) is 2. The van der Waals surface area contributed by atoms with Gasteiger partial charge in [-0.15, -0.1) is 11.7 Å². The lowest BCUT2D eigenvalue weighted by atomic mass is 9.44. The maximum absolute atomic E-state index is 13.5. The van der Waals surface area contributed by atoms with Gasteiger partial charge in [-0.2, -0.15) is 0 Å². The van der Waals surface area contributed by atoms with Crippen LogP contribution in [-0.2, 0) is 38.8 Å².